The van der Waals surface area contributed by atoms with E-state index < -0.39 is 0 Å². The molecule has 2 aromatic rings. The Hall–Kier alpha value is -0.860. The quantitative estimate of drug-likeness (QED) is 0.651. The molecule has 4 heteroatoms. The van der Waals surface area contributed by atoms with Crippen LogP contribution in [0, 0.1) is 0 Å². The van der Waals surface area contributed by atoms with Crippen LogP contribution < -0.4 is 0 Å². The third-order valence-electron chi connectivity index (χ3n) is 1.47. The summed E-state index contributed by atoms with van der Waals surface area (Å²) in [5.74, 6) is 0. The lowest BCUT2D eigenvalue weighted by molar-refractivity contribution is 1.34. The van der Waals surface area contributed by atoms with E-state index in [0.29, 0.717) is 10.0 Å². The first-order valence-corrected chi connectivity index (χ1v) is 4.08. The molecule has 0 saturated carbocycles. The molecule has 0 aromatic carbocycles. The molecule has 0 saturated heterocycles. The highest BCUT2D eigenvalue weighted by Crippen LogP contribution is 2.17. The van der Waals surface area contributed by atoms with E-state index in [-0.39, 0.29) is 0 Å². The summed E-state index contributed by atoms with van der Waals surface area (Å²) in [4.78, 5) is 8.13. The summed E-state index contributed by atoms with van der Waals surface area (Å²) in [5, 5.41) is 1.16. The molecule has 0 atom stereocenters. The highest BCUT2D eigenvalue weighted by Gasteiger charge is 1.97. The summed E-state index contributed by atoms with van der Waals surface area (Å²) in [6, 6.07) is 3.50. The van der Waals surface area contributed by atoms with Crippen LogP contribution in [0.15, 0.2) is 24.5 Å². The number of aromatic nitrogens is 2. The van der Waals surface area contributed by atoms with Crippen LogP contribution in [0.1, 0.15) is 0 Å². The van der Waals surface area contributed by atoms with Gasteiger partial charge in [0.25, 0.3) is 0 Å². The van der Waals surface area contributed by atoms with Gasteiger partial charge in [0.15, 0.2) is 0 Å². The van der Waals surface area contributed by atoms with Crippen LogP contribution in [0.5, 0.6) is 0 Å². The maximum Gasteiger partial charge on any atom is 0.0902 e. The summed E-state index contributed by atoms with van der Waals surface area (Å²) in [6.45, 7) is 0. The van der Waals surface area contributed by atoms with Crippen LogP contribution in [0.2, 0.25) is 10.0 Å². The molecule has 0 amide bonds. The summed E-state index contributed by atoms with van der Waals surface area (Å²) in [5.41, 5.74) is 1.51. The Labute approximate surface area is 79.2 Å². The van der Waals surface area contributed by atoms with Crippen molar-refractivity contribution in [3.05, 3.63) is 34.6 Å². The van der Waals surface area contributed by atoms with E-state index in [1.807, 2.05) is 0 Å². The fourth-order valence-corrected chi connectivity index (χ4v) is 1.26. The number of fused-ring (bicyclic) bond motifs is 1. The Morgan fingerprint density at radius 2 is 1.25 bits per heavy atom. The minimum atomic E-state index is 0.581. The van der Waals surface area contributed by atoms with Crippen LogP contribution in [0.4, 0.5) is 0 Å². The van der Waals surface area contributed by atoms with Crippen molar-refractivity contribution in [1.29, 1.82) is 0 Å². The van der Waals surface area contributed by atoms with Crippen molar-refractivity contribution in [2.24, 2.45) is 0 Å². The fraction of sp³-hybridized carbons (Fsp3) is 0. The highest BCUT2D eigenvalue weighted by atomic mass is 35.5. The largest absolute Gasteiger partial charge is 0.253 e. The monoisotopic (exact) mass is 198 g/mol. The number of halogens is 2. The molecule has 0 aliphatic carbocycles. The summed E-state index contributed by atoms with van der Waals surface area (Å²) in [7, 11) is 0. The van der Waals surface area contributed by atoms with E-state index >= 15 is 0 Å². The van der Waals surface area contributed by atoms with E-state index in [1.165, 1.54) is 0 Å². The Morgan fingerprint density at radius 1 is 0.833 bits per heavy atom. The van der Waals surface area contributed by atoms with Crippen molar-refractivity contribution >= 4 is 34.2 Å². The van der Waals surface area contributed by atoms with E-state index in [9.17, 15) is 0 Å². The minimum Gasteiger partial charge on any atom is -0.253 e. The van der Waals surface area contributed by atoms with Crippen LogP contribution in [-0.2, 0) is 0 Å². The van der Waals surface area contributed by atoms with E-state index in [0.717, 1.165) is 11.0 Å². The molecule has 0 spiro atoms. The Bertz CT molecular complexity index is 387. The lowest BCUT2D eigenvalue weighted by Gasteiger charge is -1.96. The molecule has 2 heterocycles. The second-order valence-corrected chi connectivity index (χ2v) is 3.22. The van der Waals surface area contributed by atoms with Gasteiger partial charge in [0.2, 0.25) is 0 Å². The van der Waals surface area contributed by atoms with Crippen LogP contribution in [0.3, 0.4) is 0 Å². The van der Waals surface area contributed by atoms with Crippen molar-refractivity contribution in [3.63, 3.8) is 0 Å². The number of rotatable bonds is 0. The first kappa shape index (κ1) is 7.77. The molecule has 2 nitrogen and oxygen atoms in total. The molecular formula is C8H4Cl2N2. The standard InChI is InChI=1S/C8H4Cl2N2/c9-5-1-7-8(12-3-5)2-6(10)4-11-7/h1-4H. The number of hydrogen-bond donors (Lipinski definition) is 0. The van der Waals surface area contributed by atoms with Crippen LogP contribution in [-0.4, -0.2) is 9.97 Å². The summed E-state index contributed by atoms with van der Waals surface area (Å²) in [6.07, 6.45) is 3.14. The Kier molecular flexibility index (Phi) is 1.87. The highest BCUT2D eigenvalue weighted by molar-refractivity contribution is 6.31. The molecule has 0 N–H and O–H groups in total. The maximum atomic E-state index is 5.72. The smallest absolute Gasteiger partial charge is 0.0902 e. The molecular weight excluding hydrogens is 195 g/mol. The molecule has 12 heavy (non-hydrogen) atoms. The van der Waals surface area contributed by atoms with Gasteiger partial charge in [-0.15, -0.1) is 0 Å². The van der Waals surface area contributed by atoms with Gasteiger partial charge in [-0.1, -0.05) is 23.2 Å². The van der Waals surface area contributed by atoms with E-state index in [2.05, 4.69) is 9.97 Å². The second kappa shape index (κ2) is 2.88. The minimum absolute atomic E-state index is 0.581. The number of hydrogen-bond acceptors (Lipinski definition) is 2. The third-order valence-corrected chi connectivity index (χ3v) is 1.88. The lowest BCUT2D eigenvalue weighted by Crippen LogP contribution is -1.81. The van der Waals surface area contributed by atoms with Crippen LogP contribution >= 0.6 is 23.2 Å². The van der Waals surface area contributed by atoms with Gasteiger partial charge in [0.05, 0.1) is 21.1 Å². The lowest BCUT2D eigenvalue weighted by atomic mass is 10.3. The average molecular weight is 199 g/mol. The molecule has 0 aliphatic rings. The number of pyridine rings is 2. The molecule has 0 radical (unpaired) electrons. The second-order valence-electron chi connectivity index (χ2n) is 2.35. The molecule has 0 bridgehead atoms. The zero-order valence-corrected chi connectivity index (χ0v) is 7.47. The van der Waals surface area contributed by atoms with E-state index in [4.69, 9.17) is 23.2 Å². The van der Waals surface area contributed by atoms with Crippen molar-refractivity contribution in [2.45, 2.75) is 0 Å². The predicted octanol–water partition coefficient (Wildman–Crippen LogP) is 2.94. The van der Waals surface area contributed by atoms with Gasteiger partial charge in [-0.2, -0.15) is 0 Å². The Morgan fingerprint density at radius 3 is 1.67 bits per heavy atom. The Balaban J connectivity index is 2.79. The van der Waals surface area contributed by atoms with Gasteiger partial charge in [0, 0.05) is 12.4 Å². The fourth-order valence-electron chi connectivity index (χ4n) is 0.953. The zero-order valence-electron chi connectivity index (χ0n) is 5.96. The van der Waals surface area contributed by atoms with Gasteiger partial charge >= 0.3 is 0 Å². The third kappa shape index (κ3) is 1.36. The molecule has 0 fully saturated rings. The predicted molar refractivity (Wildman–Crippen MR) is 49.6 cm³/mol. The molecule has 60 valence electrons. The summed E-state index contributed by atoms with van der Waals surface area (Å²) >= 11 is 11.4. The van der Waals surface area contributed by atoms with Gasteiger partial charge in [-0.05, 0) is 12.1 Å². The van der Waals surface area contributed by atoms with Gasteiger partial charge in [0.1, 0.15) is 0 Å². The van der Waals surface area contributed by atoms with Crippen molar-refractivity contribution in [2.75, 3.05) is 0 Å². The number of nitrogens with zero attached hydrogens (tertiary/aromatic N) is 2. The molecule has 2 rings (SSSR count). The van der Waals surface area contributed by atoms with Gasteiger partial charge in [-0.3, -0.25) is 9.97 Å². The van der Waals surface area contributed by atoms with Gasteiger partial charge < -0.3 is 0 Å². The first-order valence-electron chi connectivity index (χ1n) is 3.32. The van der Waals surface area contributed by atoms with Crippen LogP contribution in [0.25, 0.3) is 11.0 Å². The first-order chi connectivity index (χ1) is 5.75. The van der Waals surface area contributed by atoms with Crippen molar-refractivity contribution < 1.29 is 0 Å². The van der Waals surface area contributed by atoms with E-state index in [1.54, 1.807) is 24.5 Å². The normalized spacial score (nSPS) is 10.5. The molecule has 0 aliphatic heterocycles. The average Bonchev–Trinajstić information content (AvgIpc) is 2.05. The van der Waals surface area contributed by atoms with Crippen molar-refractivity contribution in [3.8, 4) is 0 Å². The summed E-state index contributed by atoms with van der Waals surface area (Å²) < 4.78 is 0. The maximum absolute atomic E-state index is 5.72. The molecule has 2 aromatic heterocycles. The SMILES string of the molecule is Clc1cnc2cc(Cl)cnc2c1. The van der Waals surface area contributed by atoms with Gasteiger partial charge in [-0.25, -0.2) is 0 Å². The topological polar surface area (TPSA) is 25.8 Å². The molecule has 0 unspecified atom stereocenters. The zero-order chi connectivity index (χ0) is 8.55. The van der Waals surface area contributed by atoms with Crippen molar-refractivity contribution in [1.82, 2.24) is 9.97 Å².